The quantitative estimate of drug-likeness (QED) is 0.784. The second kappa shape index (κ2) is 5.13. The molecule has 0 saturated heterocycles. The topological polar surface area (TPSA) is 15.3 Å². The van der Waals surface area contributed by atoms with Gasteiger partial charge >= 0.3 is 0 Å². The average Bonchev–Trinajstić information content (AvgIpc) is 2.19. The fourth-order valence-corrected chi connectivity index (χ4v) is 1.84. The highest BCUT2D eigenvalue weighted by Crippen LogP contribution is 2.21. The van der Waals surface area contributed by atoms with Crippen LogP contribution in [0.5, 0.6) is 0 Å². The number of rotatable bonds is 4. The third-order valence-corrected chi connectivity index (χ3v) is 2.63. The number of likely N-dealkylation sites (N-methyl/N-ethyl adjacent to an activating group) is 2. The highest BCUT2D eigenvalue weighted by molar-refractivity contribution is 5.20. The van der Waals surface area contributed by atoms with Crippen LogP contribution in [0, 0.1) is 0 Å². The summed E-state index contributed by atoms with van der Waals surface area (Å²) in [7, 11) is 6.24. The van der Waals surface area contributed by atoms with Gasteiger partial charge in [-0.3, -0.25) is 0 Å². The van der Waals surface area contributed by atoms with E-state index in [0.717, 1.165) is 0 Å². The smallest absolute Gasteiger partial charge is 0.0493 e. The molecule has 0 amide bonds. The molecule has 0 radical (unpaired) electrons. The standard InChI is InChI=1S/C12H20N2/c1-10(13-2)12(14(3)4)11-8-6-5-7-9-11/h5-10,12-13H,1-4H3/t10-,12+/m1/s1. The monoisotopic (exact) mass is 192 g/mol. The van der Waals surface area contributed by atoms with Gasteiger partial charge in [0.25, 0.3) is 0 Å². The summed E-state index contributed by atoms with van der Waals surface area (Å²) in [6, 6.07) is 11.5. The third-order valence-electron chi connectivity index (χ3n) is 2.63. The van der Waals surface area contributed by atoms with Crippen molar-refractivity contribution in [3.63, 3.8) is 0 Å². The van der Waals surface area contributed by atoms with Crippen LogP contribution in [-0.4, -0.2) is 32.1 Å². The van der Waals surface area contributed by atoms with E-state index in [-0.39, 0.29) is 0 Å². The van der Waals surface area contributed by atoms with E-state index in [2.05, 4.69) is 61.6 Å². The zero-order valence-electron chi connectivity index (χ0n) is 9.49. The Bertz CT molecular complexity index is 256. The molecule has 2 heteroatoms. The van der Waals surface area contributed by atoms with Crippen LogP contribution < -0.4 is 5.32 Å². The van der Waals surface area contributed by atoms with E-state index in [9.17, 15) is 0 Å². The van der Waals surface area contributed by atoms with Gasteiger partial charge in [-0.1, -0.05) is 30.3 Å². The third kappa shape index (κ3) is 2.56. The van der Waals surface area contributed by atoms with Gasteiger partial charge in [0, 0.05) is 12.1 Å². The van der Waals surface area contributed by atoms with Crippen molar-refractivity contribution in [1.29, 1.82) is 0 Å². The van der Waals surface area contributed by atoms with Gasteiger partial charge in [-0.15, -0.1) is 0 Å². The molecule has 0 unspecified atom stereocenters. The van der Waals surface area contributed by atoms with E-state index in [1.54, 1.807) is 0 Å². The van der Waals surface area contributed by atoms with Crippen molar-refractivity contribution in [3.05, 3.63) is 35.9 Å². The largest absolute Gasteiger partial charge is 0.315 e. The maximum atomic E-state index is 3.30. The molecule has 0 aromatic heterocycles. The van der Waals surface area contributed by atoms with Gasteiger partial charge in [-0.2, -0.15) is 0 Å². The van der Waals surface area contributed by atoms with Crippen LogP contribution in [0.15, 0.2) is 30.3 Å². The summed E-state index contributed by atoms with van der Waals surface area (Å²) in [5.41, 5.74) is 1.36. The molecule has 0 bridgehead atoms. The molecule has 2 nitrogen and oxygen atoms in total. The summed E-state index contributed by atoms with van der Waals surface area (Å²) < 4.78 is 0. The predicted octanol–water partition coefficient (Wildman–Crippen LogP) is 1.90. The highest BCUT2D eigenvalue weighted by atomic mass is 15.1. The van der Waals surface area contributed by atoms with Crippen molar-refractivity contribution >= 4 is 0 Å². The van der Waals surface area contributed by atoms with Crippen molar-refractivity contribution in [2.45, 2.75) is 19.0 Å². The van der Waals surface area contributed by atoms with Crippen LogP contribution in [0.2, 0.25) is 0 Å². The number of nitrogens with zero attached hydrogens (tertiary/aromatic N) is 1. The molecule has 0 aliphatic heterocycles. The Morgan fingerprint density at radius 3 is 2.14 bits per heavy atom. The predicted molar refractivity (Wildman–Crippen MR) is 61.4 cm³/mol. The van der Waals surface area contributed by atoms with Crippen LogP contribution in [-0.2, 0) is 0 Å². The molecule has 14 heavy (non-hydrogen) atoms. The van der Waals surface area contributed by atoms with Gasteiger partial charge in [0.1, 0.15) is 0 Å². The molecule has 1 aromatic carbocycles. The number of nitrogens with one attached hydrogen (secondary N) is 1. The second-order valence-corrected chi connectivity index (χ2v) is 3.90. The number of benzene rings is 1. The van der Waals surface area contributed by atoms with E-state index >= 15 is 0 Å². The molecule has 1 aromatic rings. The molecule has 0 aliphatic rings. The molecular weight excluding hydrogens is 172 g/mol. The molecule has 2 atom stereocenters. The zero-order chi connectivity index (χ0) is 10.6. The SMILES string of the molecule is CN[C@H](C)[C@@H](c1ccccc1)N(C)C. The van der Waals surface area contributed by atoms with E-state index in [0.29, 0.717) is 12.1 Å². The molecule has 0 spiro atoms. The Morgan fingerprint density at radius 1 is 1.14 bits per heavy atom. The summed E-state index contributed by atoms with van der Waals surface area (Å²) in [6.07, 6.45) is 0. The number of hydrogen-bond acceptors (Lipinski definition) is 2. The molecule has 1 rings (SSSR count). The first-order valence-corrected chi connectivity index (χ1v) is 5.05. The van der Waals surface area contributed by atoms with Crippen molar-refractivity contribution in [3.8, 4) is 0 Å². The normalized spacial score (nSPS) is 15.5. The van der Waals surface area contributed by atoms with Gasteiger partial charge < -0.3 is 10.2 Å². The lowest BCUT2D eigenvalue weighted by Gasteiger charge is -2.30. The Hall–Kier alpha value is -0.860. The molecule has 78 valence electrons. The molecule has 0 fully saturated rings. The molecular formula is C12H20N2. The summed E-state index contributed by atoms with van der Waals surface area (Å²) in [4.78, 5) is 2.25. The Labute approximate surface area is 86.9 Å². The maximum Gasteiger partial charge on any atom is 0.0493 e. The van der Waals surface area contributed by atoms with E-state index in [4.69, 9.17) is 0 Å². The molecule has 0 saturated carbocycles. The van der Waals surface area contributed by atoms with Crippen molar-refractivity contribution in [1.82, 2.24) is 10.2 Å². The van der Waals surface area contributed by atoms with Crippen LogP contribution in [0.25, 0.3) is 0 Å². The molecule has 1 N–H and O–H groups in total. The highest BCUT2D eigenvalue weighted by Gasteiger charge is 2.19. The van der Waals surface area contributed by atoms with Gasteiger partial charge in [0.15, 0.2) is 0 Å². The summed E-state index contributed by atoms with van der Waals surface area (Å²) in [6.45, 7) is 2.21. The fourth-order valence-electron chi connectivity index (χ4n) is 1.84. The number of hydrogen-bond donors (Lipinski definition) is 1. The zero-order valence-corrected chi connectivity index (χ0v) is 9.49. The summed E-state index contributed by atoms with van der Waals surface area (Å²) in [5, 5.41) is 3.30. The summed E-state index contributed by atoms with van der Waals surface area (Å²) >= 11 is 0. The van der Waals surface area contributed by atoms with Crippen LogP contribution >= 0.6 is 0 Å². The maximum absolute atomic E-state index is 3.30. The fraction of sp³-hybridized carbons (Fsp3) is 0.500. The minimum atomic E-state index is 0.432. The Morgan fingerprint density at radius 2 is 1.71 bits per heavy atom. The van der Waals surface area contributed by atoms with Gasteiger partial charge in [-0.05, 0) is 33.6 Å². The Kier molecular flexibility index (Phi) is 4.11. The van der Waals surface area contributed by atoms with Crippen molar-refractivity contribution in [2.75, 3.05) is 21.1 Å². The first-order chi connectivity index (χ1) is 6.66. The van der Waals surface area contributed by atoms with Crippen LogP contribution in [0.4, 0.5) is 0 Å². The van der Waals surface area contributed by atoms with E-state index in [1.807, 2.05) is 7.05 Å². The first-order valence-electron chi connectivity index (χ1n) is 5.05. The van der Waals surface area contributed by atoms with Gasteiger partial charge in [0.2, 0.25) is 0 Å². The summed E-state index contributed by atoms with van der Waals surface area (Å²) in [5.74, 6) is 0. The van der Waals surface area contributed by atoms with E-state index in [1.165, 1.54) is 5.56 Å². The lowest BCUT2D eigenvalue weighted by molar-refractivity contribution is 0.247. The van der Waals surface area contributed by atoms with Gasteiger partial charge in [-0.25, -0.2) is 0 Å². The first kappa shape index (κ1) is 11.2. The lowest BCUT2D eigenvalue weighted by Crippen LogP contribution is -2.37. The minimum Gasteiger partial charge on any atom is -0.315 e. The lowest BCUT2D eigenvalue weighted by atomic mass is 10.00. The Balaban J connectivity index is 2.89. The second-order valence-electron chi connectivity index (χ2n) is 3.90. The molecule has 0 aliphatic carbocycles. The minimum absolute atomic E-state index is 0.432. The average molecular weight is 192 g/mol. The van der Waals surface area contributed by atoms with Crippen molar-refractivity contribution in [2.24, 2.45) is 0 Å². The van der Waals surface area contributed by atoms with Crippen molar-refractivity contribution < 1.29 is 0 Å². The molecule has 0 heterocycles. The van der Waals surface area contributed by atoms with Crippen LogP contribution in [0.3, 0.4) is 0 Å². The van der Waals surface area contributed by atoms with Gasteiger partial charge in [0.05, 0.1) is 0 Å². The van der Waals surface area contributed by atoms with E-state index < -0.39 is 0 Å². The van der Waals surface area contributed by atoms with Crippen LogP contribution in [0.1, 0.15) is 18.5 Å².